The Bertz CT molecular complexity index is 596. The molecule has 5 nitrogen and oxygen atoms in total. The summed E-state index contributed by atoms with van der Waals surface area (Å²) in [5, 5.41) is 15.5. The molecule has 0 aliphatic carbocycles. The maximum atomic E-state index is 10.6. The summed E-state index contributed by atoms with van der Waals surface area (Å²) in [6, 6.07) is 7.22. The van der Waals surface area contributed by atoms with Gasteiger partial charge in [0.25, 0.3) is 0 Å². The molecule has 126 valence electrons. The van der Waals surface area contributed by atoms with Crippen LogP contribution in [0.25, 0.3) is 0 Å². The minimum atomic E-state index is -0.518. The predicted molar refractivity (Wildman–Crippen MR) is 90.7 cm³/mol. The zero-order valence-electron chi connectivity index (χ0n) is 13.8. The van der Waals surface area contributed by atoms with Crippen LogP contribution in [0.1, 0.15) is 39.7 Å². The van der Waals surface area contributed by atoms with Crippen LogP contribution in [0.2, 0.25) is 5.02 Å². The van der Waals surface area contributed by atoms with E-state index in [1.54, 1.807) is 17.1 Å². The zero-order chi connectivity index (χ0) is 16.9. The molecule has 1 aromatic carbocycles. The van der Waals surface area contributed by atoms with Crippen molar-refractivity contribution in [1.29, 1.82) is 0 Å². The van der Waals surface area contributed by atoms with Gasteiger partial charge in [-0.1, -0.05) is 38.4 Å². The topological polar surface area (TPSA) is 60.2 Å². The molecular formula is C17H24ClN3O2. The van der Waals surface area contributed by atoms with Gasteiger partial charge in [-0.25, -0.2) is 9.67 Å². The highest BCUT2D eigenvalue weighted by atomic mass is 35.5. The molecule has 1 aromatic heterocycles. The Hall–Kier alpha value is -1.59. The largest absolute Gasteiger partial charge is 0.494 e. The normalized spacial score (nSPS) is 14.5. The number of aromatic nitrogens is 3. The van der Waals surface area contributed by atoms with Gasteiger partial charge in [0.2, 0.25) is 0 Å². The molecule has 2 unspecified atom stereocenters. The van der Waals surface area contributed by atoms with Crippen LogP contribution in [0.5, 0.6) is 5.75 Å². The summed E-state index contributed by atoms with van der Waals surface area (Å²) < 4.78 is 7.44. The van der Waals surface area contributed by atoms with E-state index in [0.29, 0.717) is 11.6 Å². The van der Waals surface area contributed by atoms with Crippen molar-refractivity contribution in [2.45, 2.75) is 45.8 Å². The molecule has 0 amide bonds. The molecule has 0 saturated heterocycles. The van der Waals surface area contributed by atoms with Gasteiger partial charge in [-0.2, -0.15) is 5.10 Å². The maximum absolute atomic E-state index is 10.6. The average molecular weight is 338 g/mol. The SMILES string of the molecule is CC(C)(C)C(O)C(CCCOc1cccc(Cl)c1)n1cncn1. The van der Waals surface area contributed by atoms with Gasteiger partial charge in [-0.3, -0.25) is 0 Å². The Morgan fingerprint density at radius 1 is 1.35 bits per heavy atom. The highest BCUT2D eigenvalue weighted by Gasteiger charge is 2.31. The van der Waals surface area contributed by atoms with Crippen molar-refractivity contribution in [3.05, 3.63) is 41.9 Å². The Kier molecular flexibility index (Phi) is 6.02. The third-order valence-electron chi connectivity index (χ3n) is 3.74. The van der Waals surface area contributed by atoms with E-state index in [2.05, 4.69) is 10.1 Å². The Labute approximate surface area is 142 Å². The minimum Gasteiger partial charge on any atom is -0.494 e. The molecule has 6 heteroatoms. The van der Waals surface area contributed by atoms with Crippen molar-refractivity contribution in [1.82, 2.24) is 14.8 Å². The van der Waals surface area contributed by atoms with Crippen LogP contribution in [0.15, 0.2) is 36.9 Å². The molecule has 2 rings (SSSR count). The molecule has 2 atom stereocenters. The molecule has 0 bridgehead atoms. The van der Waals surface area contributed by atoms with Crippen molar-refractivity contribution in [2.75, 3.05) is 6.61 Å². The summed E-state index contributed by atoms with van der Waals surface area (Å²) in [6.45, 7) is 6.61. The van der Waals surface area contributed by atoms with Crippen LogP contribution in [0, 0.1) is 5.41 Å². The lowest BCUT2D eigenvalue weighted by molar-refractivity contribution is 0.00759. The van der Waals surface area contributed by atoms with Crippen LogP contribution >= 0.6 is 11.6 Å². The first-order valence-corrected chi connectivity index (χ1v) is 8.16. The van der Waals surface area contributed by atoms with Crippen LogP contribution < -0.4 is 4.74 Å². The standard InChI is InChI=1S/C17H24ClN3O2/c1-17(2,3)16(22)15(21-12-19-11-20-21)8-5-9-23-14-7-4-6-13(18)10-14/h4,6-7,10-12,15-16,22H,5,8-9H2,1-3H3. The summed E-state index contributed by atoms with van der Waals surface area (Å²) >= 11 is 5.94. The Morgan fingerprint density at radius 3 is 2.74 bits per heavy atom. The summed E-state index contributed by atoms with van der Waals surface area (Å²) in [4.78, 5) is 3.99. The fourth-order valence-corrected chi connectivity index (χ4v) is 2.62. The predicted octanol–water partition coefficient (Wildman–Crippen LogP) is 3.74. The van der Waals surface area contributed by atoms with Crippen molar-refractivity contribution >= 4 is 11.6 Å². The van der Waals surface area contributed by atoms with Crippen molar-refractivity contribution in [2.24, 2.45) is 5.41 Å². The zero-order valence-corrected chi connectivity index (χ0v) is 14.6. The Morgan fingerprint density at radius 2 is 2.13 bits per heavy atom. The smallest absolute Gasteiger partial charge is 0.137 e. The second-order valence-electron chi connectivity index (χ2n) is 6.70. The number of hydrogen-bond donors (Lipinski definition) is 1. The molecule has 1 N–H and O–H groups in total. The van der Waals surface area contributed by atoms with E-state index in [4.69, 9.17) is 16.3 Å². The summed E-state index contributed by atoms with van der Waals surface area (Å²) in [5.74, 6) is 0.756. The van der Waals surface area contributed by atoms with Gasteiger partial charge in [-0.05, 0) is 36.5 Å². The van der Waals surface area contributed by atoms with Gasteiger partial charge in [-0.15, -0.1) is 0 Å². The van der Waals surface area contributed by atoms with Crippen molar-refractivity contribution in [3.63, 3.8) is 0 Å². The fraction of sp³-hybridized carbons (Fsp3) is 0.529. The third-order valence-corrected chi connectivity index (χ3v) is 3.97. The molecule has 0 saturated carbocycles. The quantitative estimate of drug-likeness (QED) is 0.782. The summed E-state index contributed by atoms with van der Waals surface area (Å²) in [7, 11) is 0. The first kappa shape index (κ1) is 17.8. The lowest BCUT2D eigenvalue weighted by Crippen LogP contribution is -2.36. The first-order valence-electron chi connectivity index (χ1n) is 7.78. The van der Waals surface area contributed by atoms with Gasteiger partial charge >= 0.3 is 0 Å². The molecule has 0 aliphatic rings. The van der Waals surface area contributed by atoms with E-state index in [-0.39, 0.29) is 11.5 Å². The van der Waals surface area contributed by atoms with E-state index in [0.717, 1.165) is 18.6 Å². The van der Waals surface area contributed by atoms with E-state index in [1.165, 1.54) is 6.33 Å². The first-order chi connectivity index (χ1) is 10.9. The number of benzene rings is 1. The number of hydrogen-bond acceptors (Lipinski definition) is 4. The number of aliphatic hydroxyl groups is 1. The molecule has 23 heavy (non-hydrogen) atoms. The number of aliphatic hydroxyl groups excluding tert-OH is 1. The van der Waals surface area contributed by atoms with Gasteiger partial charge in [0.1, 0.15) is 18.4 Å². The highest BCUT2D eigenvalue weighted by molar-refractivity contribution is 6.30. The lowest BCUT2D eigenvalue weighted by Gasteiger charge is -2.33. The molecule has 2 aromatic rings. The second-order valence-corrected chi connectivity index (χ2v) is 7.14. The number of halogens is 1. The fourth-order valence-electron chi connectivity index (χ4n) is 2.44. The van der Waals surface area contributed by atoms with E-state index in [9.17, 15) is 5.11 Å². The number of ether oxygens (including phenoxy) is 1. The molecule has 0 fully saturated rings. The molecular weight excluding hydrogens is 314 g/mol. The average Bonchev–Trinajstić information content (AvgIpc) is 3.00. The third kappa shape index (κ3) is 5.22. The van der Waals surface area contributed by atoms with Crippen molar-refractivity contribution in [3.8, 4) is 5.75 Å². The van der Waals surface area contributed by atoms with Gasteiger partial charge in [0.15, 0.2) is 0 Å². The highest BCUT2D eigenvalue weighted by Crippen LogP contribution is 2.30. The number of rotatable bonds is 7. The van der Waals surface area contributed by atoms with Gasteiger partial charge in [0.05, 0.1) is 18.8 Å². The van der Waals surface area contributed by atoms with Crippen molar-refractivity contribution < 1.29 is 9.84 Å². The van der Waals surface area contributed by atoms with E-state index < -0.39 is 6.10 Å². The van der Waals surface area contributed by atoms with Gasteiger partial charge < -0.3 is 9.84 Å². The maximum Gasteiger partial charge on any atom is 0.137 e. The van der Waals surface area contributed by atoms with Crippen LogP contribution in [-0.4, -0.2) is 32.6 Å². The summed E-state index contributed by atoms with van der Waals surface area (Å²) in [6.07, 6.45) is 4.17. The van der Waals surface area contributed by atoms with E-state index >= 15 is 0 Å². The van der Waals surface area contributed by atoms with E-state index in [1.807, 2.05) is 39.0 Å². The molecule has 0 spiro atoms. The van der Waals surface area contributed by atoms with Gasteiger partial charge in [0, 0.05) is 5.02 Å². The van der Waals surface area contributed by atoms with Crippen LogP contribution in [0.3, 0.4) is 0 Å². The second kappa shape index (κ2) is 7.79. The summed E-state index contributed by atoms with van der Waals surface area (Å²) in [5.41, 5.74) is -0.232. The number of nitrogens with zero attached hydrogens (tertiary/aromatic N) is 3. The van der Waals surface area contributed by atoms with Crippen LogP contribution in [-0.2, 0) is 0 Å². The lowest BCUT2D eigenvalue weighted by atomic mass is 9.83. The minimum absolute atomic E-state index is 0.125. The molecule has 1 heterocycles. The molecule has 0 radical (unpaired) electrons. The Balaban J connectivity index is 1.91. The monoisotopic (exact) mass is 337 g/mol. The molecule has 0 aliphatic heterocycles. The van der Waals surface area contributed by atoms with Crippen LogP contribution in [0.4, 0.5) is 0 Å².